The van der Waals surface area contributed by atoms with E-state index in [4.69, 9.17) is 14.2 Å². The number of aromatic nitrogens is 1. The molecule has 0 radical (unpaired) electrons. The van der Waals surface area contributed by atoms with Gasteiger partial charge in [-0.1, -0.05) is 125 Å². The number of benzene rings is 4. The van der Waals surface area contributed by atoms with Crippen molar-refractivity contribution in [1.82, 2.24) is 51.6 Å². The highest BCUT2D eigenvalue weighted by Gasteiger charge is 2.41. The zero-order chi connectivity index (χ0) is 73.9. The van der Waals surface area contributed by atoms with Crippen LogP contribution in [0.5, 0.6) is 0 Å². The molecule has 546 valence electrons. The van der Waals surface area contributed by atoms with Gasteiger partial charge in [0.05, 0.1) is 5.52 Å². The fraction of sp³-hybridized carbons (Fsp3) is 0.513. The molecule has 1 fully saturated rings. The minimum atomic E-state index is -1.51. The van der Waals surface area contributed by atoms with Crippen LogP contribution in [-0.2, 0) is 60.6 Å². The molecule has 25 heteroatoms. The van der Waals surface area contributed by atoms with Gasteiger partial charge in [-0.05, 0) is 151 Å². The van der Waals surface area contributed by atoms with E-state index in [9.17, 15) is 43.5 Å². The molecule has 0 bridgehead atoms. The first-order valence-electron chi connectivity index (χ1n) is 35.0. The molecular weight excluding hydrogens is 1290 g/mol. The van der Waals surface area contributed by atoms with E-state index in [0.717, 1.165) is 22.3 Å². The predicted octanol–water partition coefficient (Wildman–Crippen LogP) is 8.93. The fourth-order valence-corrected chi connectivity index (χ4v) is 12.5. The van der Waals surface area contributed by atoms with Crippen LogP contribution in [0.15, 0.2) is 109 Å². The summed E-state index contributed by atoms with van der Waals surface area (Å²) in [5.74, 6) is -6.61. The number of aliphatic carboxylic acids is 1. The van der Waals surface area contributed by atoms with Crippen molar-refractivity contribution in [2.24, 2.45) is 11.8 Å². The number of nitrogens with one attached hydrogen (secondary N) is 7. The maximum Gasteiger partial charge on any atom is 0.410 e. The van der Waals surface area contributed by atoms with Crippen LogP contribution in [0.4, 0.5) is 14.4 Å². The number of amides is 9. The number of hydrogen-bond acceptors (Lipinski definition) is 14. The van der Waals surface area contributed by atoms with Gasteiger partial charge in [-0.3, -0.25) is 42.9 Å². The number of para-hydroxylation sites is 1. The largest absolute Gasteiger partial charge is 0.480 e. The Bertz CT molecular complexity index is 3700. The van der Waals surface area contributed by atoms with Gasteiger partial charge < -0.3 is 66.3 Å². The number of carboxylic acids is 1. The summed E-state index contributed by atoms with van der Waals surface area (Å²) in [6.07, 6.45) is 0.879. The summed E-state index contributed by atoms with van der Waals surface area (Å²) in [5, 5.41) is 29.5. The van der Waals surface area contributed by atoms with Gasteiger partial charge in [0.2, 0.25) is 41.4 Å². The lowest BCUT2D eigenvalue weighted by molar-refractivity contribution is -0.143. The Kier molecular flexibility index (Phi) is 28.0. The Morgan fingerprint density at radius 3 is 1.77 bits per heavy atom. The third kappa shape index (κ3) is 23.1. The maximum atomic E-state index is 15.5. The summed E-state index contributed by atoms with van der Waals surface area (Å²) in [4.78, 5) is 157. The van der Waals surface area contributed by atoms with Crippen molar-refractivity contribution in [2.45, 2.75) is 206 Å². The minimum absolute atomic E-state index is 0.00203. The number of hydrogen-bond donors (Lipinski definition) is 8. The highest BCUT2D eigenvalue weighted by Crippen LogP contribution is 2.44. The Hall–Kier alpha value is -9.81. The number of nitrogens with zero attached hydrogens (tertiary/aromatic N) is 3. The quantitative estimate of drug-likeness (QED) is 0.0147. The third-order valence-corrected chi connectivity index (χ3v) is 17.4. The topological polar surface area (TPSA) is 331 Å². The van der Waals surface area contributed by atoms with Crippen molar-refractivity contribution >= 4 is 76.5 Å². The number of likely N-dealkylation sites (tertiary alicyclic amines) is 1. The van der Waals surface area contributed by atoms with Crippen LogP contribution in [0.2, 0.25) is 0 Å². The van der Waals surface area contributed by atoms with Gasteiger partial charge in [0.1, 0.15) is 60.1 Å². The summed E-state index contributed by atoms with van der Waals surface area (Å²) in [5.41, 5.74) is 4.08. The van der Waals surface area contributed by atoms with Gasteiger partial charge >= 0.3 is 24.2 Å². The zero-order valence-corrected chi connectivity index (χ0v) is 60.3. The van der Waals surface area contributed by atoms with Crippen molar-refractivity contribution < 1.29 is 72.1 Å². The first-order valence-corrected chi connectivity index (χ1v) is 35.0. The van der Waals surface area contributed by atoms with Crippen LogP contribution in [0, 0.1) is 11.8 Å². The van der Waals surface area contributed by atoms with E-state index in [0.29, 0.717) is 34.9 Å². The van der Waals surface area contributed by atoms with Crippen LogP contribution in [0.25, 0.3) is 22.0 Å². The highest BCUT2D eigenvalue weighted by atomic mass is 16.6. The molecule has 9 amide bonds. The lowest BCUT2D eigenvalue weighted by Gasteiger charge is -2.32. The number of ether oxygens (including phenoxy) is 3. The van der Waals surface area contributed by atoms with Gasteiger partial charge in [-0.15, -0.1) is 0 Å². The van der Waals surface area contributed by atoms with Crippen molar-refractivity contribution in [2.75, 3.05) is 33.3 Å². The first kappa shape index (κ1) is 78.5. The van der Waals surface area contributed by atoms with Crippen LogP contribution in [0.3, 0.4) is 0 Å². The molecule has 1 aromatic heterocycles. The second kappa shape index (κ2) is 36.0. The van der Waals surface area contributed by atoms with Crippen LogP contribution >= 0.6 is 0 Å². The average molecular weight is 1400 g/mol. The Morgan fingerprint density at radius 1 is 0.594 bits per heavy atom. The molecule has 4 aromatic carbocycles. The van der Waals surface area contributed by atoms with Crippen LogP contribution in [0.1, 0.15) is 167 Å². The highest BCUT2D eigenvalue weighted by molar-refractivity contribution is 5.99. The van der Waals surface area contributed by atoms with Gasteiger partial charge in [-0.2, -0.15) is 0 Å². The number of fused-ring (bicyclic) bond motifs is 4. The number of carboxylic acid groups (broad SMARTS) is 1. The standard InChI is InChI=1S/C76H102N10O15/c1-46(2)40-58(66(89)78-48(5)71(94)95)79-67(90)59(42-49-26-14-13-15-27-49)81-69(92)63-35-24-39-85(63)70(93)61(41-47(3)4)82-68(91)60(43-50-44-86(62-34-21-20-28-51(50)62)64(87)36-25-38-84(12)74(98)101-76(9,10)11)80-65(88)57(33-22-23-37-77-72(96)100-75(6,7)8)83-73(97)99-45-56-54-31-18-16-29-52(54)53-30-17-19-32-55(53)56/h13-21,26-32,34,44,46-48,56-61,63H,22-25,33,35-43,45H2,1-12H3,(H,77,96)(H,78,89)(H,79,90)(H,80,88)(H,81,92)(H,82,91)(H,83,97)(H,94,95)/t48-,57-,58-,59-,60-,61-,63-/m0/s1. The van der Waals surface area contributed by atoms with Gasteiger partial charge in [-0.25, -0.2) is 14.4 Å². The van der Waals surface area contributed by atoms with E-state index in [1.807, 2.05) is 76.2 Å². The second-order valence-corrected chi connectivity index (χ2v) is 29.0. The van der Waals surface area contributed by atoms with Crippen molar-refractivity contribution in [1.29, 1.82) is 0 Å². The van der Waals surface area contributed by atoms with Crippen LogP contribution < -0.4 is 37.2 Å². The Balaban J connectivity index is 1.18. The van der Waals surface area contributed by atoms with Crippen molar-refractivity contribution in [3.63, 3.8) is 0 Å². The van der Waals surface area contributed by atoms with E-state index in [1.54, 1.807) is 109 Å². The minimum Gasteiger partial charge on any atom is -0.480 e. The lowest BCUT2D eigenvalue weighted by atomic mass is 9.98. The first-order chi connectivity index (χ1) is 47.8. The van der Waals surface area contributed by atoms with Gasteiger partial charge in [0.15, 0.2) is 0 Å². The number of unbranched alkanes of at least 4 members (excludes halogenated alkanes) is 1. The predicted molar refractivity (Wildman–Crippen MR) is 381 cm³/mol. The van der Waals surface area contributed by atoms with E-state index >= 15 is 14.4 Å². The normalized spacial score (nSPS) is 15.3. The number of carbonyl (C=O) groups is 11. The van der Waals surface area contributed by atoms with E-state index < -0.39 is 113 Å². The maximum absolute atomic E-state index is 15.5. The Morgan fingerprint density at radius 2 is 1.15 bits per heavy atom. The van der Waals surface area contributed by atoms with Crippen molar-refractivity contribution in [3.8, 4) is 11.1 Å². The number of alkyl carbamates (subject to hydrolysis) is 2. The molecule has 1 aliphatic heterocycles. The average Bonchev–Trinajstić information content (AvgIpc) is 1.62. The number of carbonyl (C=O) groups excluding carboxylic acids is 10. The molecule has 1 saturated heterocycles. The molecule has 7 rings (SSSR count). The van der Waals surface area contributed by atoms with E-state index in [-0.39, 0.29) is 108 Å². The molecule has 5 aromatic rings. The molecule has 2 heterocycles. The second-order valence-electron chi connectivity index (χ2n) is 29.0. The molecule has 1 aliphatic carbocycles. The van der Waals surface area contributed by atoms with E-state index in [1.165, 1.54) is 21.3 Å². The third-order valence-electron chi connectivity index (χ3n) is 17.4. The van der Waals surface area contributed by atoms with Gasteiger partial charge in [0, 0.05) is 63.4 Å². The molecule has 0 unspecified atom stereocenters. The summed E-state index contributed by atoms with van der Waals surface area (Å²) in [6.45, 7) is 19.5. The fourth-order valence-electron chi connectivity index (χ4n) is 12.5. The lowest BCUT2D eigenvalue weighted by Crippen LogP contribution is -2.60. The molecule has 2 aliphatic rings. The summed E-state index contributed by atoms with van der Waals surface area (Å²) < 4.78 is 18.3. The van der Waals surface area contributed by atoms with Crippen molar-refractivity contribution in [3.05, 3.63) is 132 Å². The molecular formula is C76H102N10O15. The molecule has 101 heavy (non-hydrogen) atoms. The monoisotopic (exact) mass is 1390 g/mol. The molecule has 0 saturated carbocycles. The summed E-state index contributed by atoms with van der Waals surface area (Å²) in [6, 6.07) is 22.6. The summed E-state index contributed by atoms with van der Waals surface area (Å²) >= 11 is 0. The molecule has 8 N–H and O–H groups in total. The van der Waals surface area contributed by atoms with E-state index in [2.05, 4.69) is 37.2 Å². The number of rotatable bonds is 32. The summed E-state index contributed by atoms with van der Waals surface area (Å²) in [7, 11) is 1.58. The van der Waals surface area contributed by atoms with Gasteiger partial charge in [0.25, 0.3) is 0 Å². The SMILES string of the molecule is CC(C)C[C@H](NC(=O)[C@H](Cc1ccccc1)NC(=O)[C@@H]1CCCN1C(=O)[C@H](CC(C)C)NC(=O)[C@H](Cc1cn(C(=O)CCCN(C)C(=O)OC(C)(C)C)c2ccccc12)NC(=O)[C@H](CCCCNC(=O)OC(C)(C)C)NC(=O)OCC1c2ccccc2-c2ccccc21)C(=O)N[C@@H](C)C(=O)O. The zero-order valence-electron chi connectivity index (χ0n) is 60.3. The molecule has 7 atom stereocenters. The smallest absolute Gasteiger partial charge is 0.410 e. The molecule has 0 spiro atoms. The molecule has 25 nitrogen and oxygen atoms in total. The van der Waals surface area contributed by atoms with Crippen LogP contribution in [-0.4, -0.2) is 172 Å². The Labute approximate surface area is 591 Å².